The zero-order chi connectivity index (χ0) is 16.5. The molecule has 1 aromatic rings. The Kier molecular flexibility index (Phi) is 7.79. The molecule has 0 N–H and O–H groups in total. The van der Waals surface area contributed by atoms with Gasteiger partial charge < -0.3 is 23.2 Å². The average Bonchev–Trinajstić information content (AvgIpc) is 2.42. The van der Waals surface area contributed by atoms with Crippen LogP contribution in [0.2, 0.25) is 0 Å². The van der Waals surface area contributed by atoms with Gasteiger partial charge in [0.2, 0.25) is 0 Å². The summed E-state index contributed by atoms with van der Waals surface area (Å²) in [6.45, 7) is 0.726. The smallest absolute Gasteiger partial charge is 0.268 e. The first-order chi connectivity index (χ1) is 10.3. The lowest BCUT2D eigenvalue weighted by Crippen LogP contribution is -2.37. The van der Waals surface area contributed by atoms with Crippen molar-refractivity contribution in [2.45, 2.75) is 0 Å². The zero-order valence-corrected chi connectivity index (χ0v) is 14.2. The van der Waals surface area contributed by atoms with Crippen LogP contribution in [0, 0.1) is 0 Å². The van der Waals surface area contributed by atoms with Gasteiger partial charge in [-0.25, -0.2) is 0 Å². The third-order valence-electron chi connectivity index (χ3n) is 2.62. The van der Waals surface area contributed by atoms with Gasteiger partial charge in [-0.2, -0.15) is 0 Å². The average molecular weight is 329 g/mol. The summed E-state index contributed by atoms with van der Waals surface area (Å²) in [5, 5.41) is 0. The van der Waals surface area contributed by atoms with Crippen molar-refractivity contribution in [1.82, 2.24) is 0 Å². The maximum absolute atomic E-state index is 11.5. The Morgan fingerprint density at radius 3 is 2.36 bits per heavy atom. The normalized spacial score (nSPS) is 14.9. The van der Waals surface area contributed by atoms with E-state index in [2.05, 4.69) is 0 Å². The van der Waals surface area contributed by atoms with E-state index in [1.165, 1.54) is 6.26 Å². The second kappa shape index (κ2) is 9.08. The number of hydrogen-bond donors (Lipinski definition) is 0. The van der Waals surface area contributed by atoms with Crippen LogP contribution in [0.1, 0.15) is 5.56 Å². The molecular formula is C15H24NO5P. The molecule has 0 bridgehead atoms. The van der Waals surface area contributed by atoms with Crippen LogP contribution in [-0.4, -0.2) is 52.0 Å². The van der Waals surface area contributed by atoms with Crippen LogP contribution in [0.5, 0.6) is 0 Å². The molecule has 22 heavy (non-hydrogen) atoms. The Balaban J connectivity index is 2.15. The van der Waals surface area contributed by atoms with E-state index in [0.717, 1.165) is 5.56 Å². The monoisotopic (exact) mass is 329 g/mol. The lowest BCUT2D eigenvalue weighted by Gasteiger charge is -2.27. The number of phosphoric acid groups is 1. The SMILES string of the molecule is C[N+](C)(C)CCOP(=O)([O-])OCCOC=Cc1ccccc1. The zero-order valence-electron chi connectivity index (χ0n) is 13.3. The van der Waals surface area contributed by atoms with Gasteiger partial charge in [-0.3, -0.25) is 4.57 Å². The molecule has 0 fully saturated rings. The summed E-state index contributed by atoms with van der Waals surface area (Å²) in [5.74, 6) is 0. The van der Waals surface area contributed by atoms with Crippen molar-refractivity contribution in [1.29, 1.82) is 0 Å². The number of benzene rings is 1. The van der Waals surface area contributed by atoms with Crippen LogP contribution in [0.4, 0.5) is 0 Å². The summed E-state index contributed by atoms with van der Waals surface area (Å²) >= 11 is 0. The minimum absolute atomic E-state index is 0.0791. The molecule has 1 unspecified atom stereocenters. The molecule has 7 heteroatoms. The fraction of sp³-hybridized carbons (Fsp3) is 0.467. The van der Waals surface area contributed by atoms with Crippen molar-refractivity contribution in [3.8, 4) is 0 Å². The largest absolute Gasteiger partial charge is 0.756 e. The number of hydrogen-bond acceptors (Lipinski definition) is 5. The van der Waals surface area contributed by atoms with Gasteiger partial charge in [-0.15, -0.1) is 0 Å². The summed E-state index contributed by atoms with van der Waals surface area (Å²) in [5.41, 5.74) is 1.00. The highest BCUT2D eigenvalue weighted by Crippen LogP contribution is 2.37. The molecule has 0 radical (unpaired) electrons. The van der Waals surface area contributed by atoms with E-state index in [1.807, 2.05) is 51.5 Å². The fourth-order valence-corrected chi connectivity index (χ4v) is 2.10. The number of likely N-dealkylation sites (N-methyl/N-ethyl adjacent to an activating group) is 1. The van der Waals surface area contributed by atoms with Gasteiger partial charge >= 0.3 is 0 Å². The Morgan fingerprint density at radius 2 is 1.73 bits per heavy atom. The second-order valence-electron chi connectivity index (χ2n) is 5.71. The molecule has 0 aliphatic rings. The summed E-state index contributed by atoms with van der Waals surface area (Å²) in [6, 6.07) is 9.64. The van der Waals surface area contributed by atoms with Crippen LogP contribution in [-0.2, 0) is 18.3 Å². The topological polar surface area (TPSA) is 67.8 Å². The van der Waals surface area contributed by atoms with Crippen molar-refractivity contribution < 1.29 is 27.7 Å². The first-order valence-corrected chi connectivity index (χ1v) is 8.48. The highest BCUT2D eigenvalue weighted by atomic mass is 31.2. The van der Waals surface area contributed by atoms with Crippen molar-refractivity contribution in [3.63, 3.8) is 0 Å². The summed E-state index contributed by atoms with van der Waals surface area (Å²) < 4.78 is 26.7. The second-order valence-corrected chi connectivity index (χ2v) is 7.12. The highest BCUT2D eigenvalue weighted by Gasteiger charge is 2.12. The Bertz CT molecular complexity index is 498. The Labute approximate surface area is 132 Å². The van der Waals surface area contributed by atoms with E-state index in [-0.39, 0.29) is 19.8 Å². The van der Waals surface area contributed by atoms with Gasteiger partial charge in [-0.1, -0.05) is 30.3 Å². The third kappa shape index (κ3) is 9.71. The molecule has 6 nitrogen and oxygen atoms in total. The molecule has 0 aliphatic carbocycles. The highest BCUT2D eigenvalue weighted by molar-refractivity contribution is 7.45. The Morgan fingerprint density at radius 1 is 1.09 bits per heavy atom. The molecule has 0 saturated carbocycles. The molecule has 124 valence electrons. The van der Waals surface area contributed by atoms with Crippen LogP contribution in [0.15, 0.2) is 36.6 Å². The molecule has 0 aliphatic heterocycles. The lowest BCUT2D eigenvalue weighted by molar-refractivity contribution is -0.870. The van der Waals surface area contributed by atoms with E-state index in [9.17, 15) is 9.46 Å². The van der Waals surface area contributed by atoms with Gasteiger partial charge in [0.1, 0.15) is 19.8 Å². The molecule has 0 aromatic heterocycles. The fourth-order valence-electron chi connectivity index (χ4n) is 1.42. The molecule has 0 heterocycles. The summed E-state index contributed by atoms with van der Waals surface area (Å²) in [4.78, 5) is 11.5. The number of nitrogens with zero attached hydrogens (tertiary/aromatic N) is 1. The van der Waals surface area contributed by atoms with Gasteiger partial charge in [-0.05, 0) is 11.6 Å². The first-order valence-electron chi connectivity index (χ1n) is 7.02. The van der Waals surface area contributed by atoms with Crippen LogP contribution in [0.3, 0.4) is 0 Å². The van der Waals surface area contributed by atoms with E-state index in [0.29, 0.717) is 11.0 Å². The predicted octanol–water partition coefficient (Wildman–Crippen LogP) is 1.88. The molecule has 1 rings (SSSR count). The summed E-state index contributed by atoms with van der Waals surface area (Å²) in [6.07, 6.45) is 3.29. The summed E-state index contributed by atoms with van der Waals surface area (Å²) in [7, 11) is 1.60. The van der Waals surface area contributed by atoms with Gasteiger partial charge in [0.15, 0.2) is 0 Å². The molecule has 0 saturated heterocycles. The van der Waals surface area contributed by atoms with Crippen molar-refractivity contribution >= 4 is 13.9 Å². The number of quaternary nitrogens is 1. The van der Waals surface area contributed by atoms with Crippen LogP contribution < -0.4 is 4.89 Å². The minimum atomic E-state index is -4.25. The number of phosphoric ester groups is 1. The molecule has 0 amide bonds. The molecular weight excluding hydrogens is 305 g/mol. The van der Waals surface area contributed by atoms with Gasteiger partial charge in [0.25, 0.3) is 7.82 Å². The predicted molar refractivity (Wildman–Crippen MR) is 83.8 cm³/mol. The molecule has 1 atom stereocenters. The van der Waals surface area contributed by atoms with Crippen LogP contribution in [0.25, 0.3) is 6.08 Å². The van der Waals surface area contributed by atoms with Crippen molar-refractivity contribution in [3.05, 3.63) is 42.2 Å². The van der Waals surface area contributed by atoms with Crippen molar-refractivity contribution in [2.75, 3.05) is 47.5 Å². The van der Waals surface area contributed by atoms with E-state index in [4.69, 9.17) is 13.8 Å². The third-order valence-corrected chi connectivity index (χ3v) is 3.62. The van der Waals surface area contributed by atoms with E-state index >= 15 is 0 Å². The minimum Gasteiger partial charge on any atom is -0.756 e. The number of rotatable bonds is 10. The maximum Gasteiger partial charge on any atom is 0.268 e. The number of ether oxygens (including phenoxy) is 1. The van der Waals surface area contributed by atoms with Gasteiger partial charge in [0, 0.05) is 0 Å². The van der Waals surface area contributed by atoms with E-state index in [1.54, 1.807) is 6.08 Å². The van der Waals surface area contributed by atoms with Crippen molar-refractivity contribution in [2.24, 2.45) is 0 Å². The Hall–Kier alpha value is -1.17. The van der Waals surface area contributed by atoms with E-state index < -0.39 is 7.82 Å². The quantitative estimate of drug-likeness (QED) is 0.284. The van der Waals surface area contributed by atoms with Gasteiger partial charge in [0.05, 0.1) is 34.0 Å². The lowest BCUT2D eigenvalue weighted by atomic mass is 10.2. The van der Waals surface area contributed by atoms with Crippen LogP contribution >= 0.6 is 7.82 Å². The first kappa shape index (κ1) is 18.9. The maximum atomic E-state index is 11.5. The standard InChI is InChI=1S/C15H24NO5P/c1-16(2,3)10-12-20-22(17,18)21-14-13-19-11-9-15-7-5-4-6-8-15/h4-9,11H,10,12-14H2,1-3H3. The molecule has 1 aromatic carbocycles. The molecule has 0 spiro atoms.